The fraction of sp³-hybridized carbons (Fsp3) is 0.143. The van der Waals surface area contributed by atoms with Crippen molar-refractivity contribution in [3.05, 3.63) is 53.9 Å². The first-order chi connectivity index (χ1) is 14.2. The molecule has 1 atom stereocenters. The molecule has 0 saturated carbocycles. The summed E-state index contributed by atoms with van der Waals surface area (Å²) in [6.45, 7) is 0.145. The zero-order valence-electron chi connectivity index (χ0n) is 15.4. The van der Waals surface area contributed by atoms with E-state index in [4.69, 9.17) is 18.6 Å². The lowest BCUT2D eigenvalue weighted by Crippen LogP contribution is -2.40. The summed E-state index contributed by atoms with van der Waals surface area (Å²) in [5, 5.41) is 6.00. The first kappa shape index (κ1) is 17.6. The largest absolute Gasteiger partial charge is 0.497 e. The van der Waals surface area contributed by atoms with Gasteiger partial charge in [-0.15, -0.1) is 11.3 Å². The SMILES string of the molecule is COc1ccc2oc(-c3csc(NC(=O)C4COc5ccccc5O4)n3)cc2c1. The summed E-state index contributed by atoms with van der Waals surface area (Å²) < 4.78 is 22.4. The zero-order valence-corrected chi connectivity index (χ0v) is 16.2. The number of nitrogens with zero attached hydrogens (tertiary/aromatic N) is 1. The number of ether oxygens (including phenoxy) is 3. The smallest absolute Gasteiger partial charge is 0.270 e. The van der Waals surface area contributed by atoms with Crippen LogP contribution in [-0.4, -0.2) is 30.7 Å². The summed E-state index contributed by atoms with van der Waals surface area (Å²) in [7, 11) is 1.62. The lowest BCUT2D eigenvalue weighted by Gasteiger charge is -2.25. The Morgan fingerprint density at radius 1 is 1.21 bits per heavy atom. The number of nitrogens with one attached hydrogen (secondary N) is 1. The molecule has 0 spiro atoms. The lowest BCUT2D eigenvalue weighted by atomic mass is 10.2. The van der Waals surface area contributed by atoms with Crippen molar-refractivity contribution < 1.29 is 23.4 Å². The molecule has 2 aromatic carbocycles. The molecule has 2 aromatic heterocycles. The molecule has 1 aliphatic rings. The van der Waals surface area contributed by atoms with E-state index >= 15 is 0 Å². The van der Waals surface area contributed by atoms with E-state index in [1.165, 1.54) is 11.3 Å². The van der Waals surface area contributed by atoms with Crippen molar-refractivity contribution in [2.24, 2.45) is 0 Å². The van der Waals surface area contributed by atoms with Crippen LogP contribution in [0.3, 0.4) is 0 Å². The van der Waals surface area contributed by atoms with Crippen LogP contribution in [0.4, 0.5) is 5.13 Å². The number of hydrogen-bond donors (Lipinski definition) is 1. The molecule has 0 bridgehead atoms. The summed E-state index contributed by atoms with van der Waals surface area (Å²) in [6, 6.07) is 14.7. The predicted octanol–water partition coefficient (Wildman–Crippen LogP) is 4.34. The number of carbonyl (C=O) groups excluding carboxylic acids is 1. The standard InChI is InChI=1S/C21H16N2O5S/c1-25-13-6-7-15-12(8-13)9-18(27-15)14-11-29-21(22-14)23-20(24)19-10-26-16-4-2-3-5-17(16)28-19/h2-9,11,19H,10H2,1H3,(H,22,23,24). The number of carbonyl (C=O) groups is 1. The van der Waals surface area contributed by atoms with E-state index in [-0.39, 0.29) is 12.5 Å². The molecule has 4 aromatic rings. The Kier molecular flexibility index (Phi) is 4.33. The molecule has 5 rings (SSSR count). The molecule has 0 fully saturated rings. The average Bonchev–Trinajstić information content (AvgIpc) is 3.39. The number of amides is 1. The van der Waals surface area contributed by atoms with Crippen LogP contribution in [0.15, 0.2) is 58.3 Å². The van der Waals surface area contributed by atoms with Crippen molar-refractivity contribution in [1.82, 2.24) is 4.98 Å². The van der Waals surface area contributed by atoms with Crippen molar-refractivity contribution in [3.63, 3.8) is 0 Å². The van der Waals surface area contributed by atoms with Gasteiger partial charge in [-0.1, -0.05) is 12.1 Å². The van der Waals surface area contributed by atoms with Gasteiger partial charge >= 0.3 is 0 Å². The number of fused-ring (bicyclic) bond motifs is 2. The van der Waals surface area contributed by atoms with E-state index in [1.807, 2.05) is 41.8 Å². The van der Waals surface area contributed by atoms with Crippen LogP contribution in [0.5, 0.6) is 17.2 Å². The second kappa shape index (κ2) is 7.14. The van der Waals surface area contributed by atoms with Gasteiger partial charge in [0.05, 0.1) is 7.11 Å². The Balaban J connectivity index is 1.31. The van der Waals surface area contributed by atoms with Gasteiger partial charge in [-0.05, 0) is 36.4 Å². The summed E-state index contributed by atoms with van der Waals surface area (Å²) >= 11 is 1.32. The van der Waals surface area contributed by atoms with Crippen LogP contribution in [0.25, 0.3) is 22.4 Å². The van der Waals surface area contributed by atoms with Crippen LogP contribution in [0.2, 0.25) is 0 Å². The van der Waals surface area contributed by atoms with E-state index in [1.54, 1.807) is 19.2 Å². The highest BCUT2D eigenvalue weighted by molar-refractivity contribution is 7.14. The molecule has 0 saturated heterocycles. The second-order valence-electron chi connectivity index (χ2n) is 6.41. The van der Waals surface area contributed by atoms with Gasteiger partial charge in [-0.25, -0.2) is 4.98 Å². The minimum atomic E-state index is -0.740. The maximum absolute atomic E-state index is 12.5. The Morgan fingerprint density at radius 2 is 2.07 bits per heavy atom. The highest BCUT2D eigenvalue weighted by Gasteiger charge is 2.28. The molecule has 1 unspecified atom stereocenters. The fourth-order valence-electron chi connectivity index (χ4n) is 3.05. The van der Waals surface area contributed by atoms with Crippen molar-refractivity contribution in [2.75, 3.05) is 19.0 Å². The van der Waals surface area contributed by atoms with Crippen molar-refractivity contribution >= 4 is 33.3 Å². The fourth-order valence-corrected chi connectivity index (χ4v) is 3.76. The number of rotatable bonds is 4. The van der Waals surface area contributed by atoms with E-state index in [0.29, 0.717) is 28.1 Å². The van der Waals surface area contributed by atoms with Crippen LogP contribution in [0, 0.1) is 0 Å². The number of methoxy groups -OCH3 is 1. The third-order valence-electron chi connectivity index (χ3n) is 4.51. The van der Waals surface area contributed by atoms with Crippen LogP contribution >= 0.6 is 11.3 Å². The van der Waals surface area contributed by atoms with Gasteiger partial charge in [0.15, 0.2) is 22.4 Å². The molecule has 1 N–H and O–H groups in total. The summed E-state index contributed by atoms with van der Waals surface area (Å²) in [4.78, 5) is 17.0. The van der Waals surface area contributed by atoms with Gasteiger partial charge in [0.1, 0.15) is 23.6 Å². The van der Waals surface area contributed by atoms with Crippen LogP contribution in [0.1, 0.15) is 0 Å². The normalized spacial score (nSPS) is 15.3. The monoisotopic (exact) mass is 408 g/mol. The van der Waals surface area contributed by atoms with Crippen LogP contribution < -0.4 is 19.5 Å². The number of benzene rings is 2. The van der Waals surface area contributed by atoms with Gasteiger partial charge in [0.25, 0.3) is 5.91 Å². The van der Waals surface area contributed by atoms with E-state index in [0.717, 1.165) is 16.7 Å². The third kappa shape index (κ3) is 3.38. The first-order valence-electron chi connectivity index (χ1n) is 8.92. The quantitative estimate of drug-likeness (QED) is 0.541. The highest BCUT2D eigenvalue weighted by atomic mass is 32.1. The summed E-state index contributed by atoms with van der Waals surface area (Å²) in [5.74, 6) is 2.25. The van der Waals surface area contributed by atoms with Gasteiger partial charge in [-0.3, -0.25) is 10.1 Å². The molecular formula is C21H16N2O5S. The zero-order chi connectivity index (χ0) is 19.8. The Labute approximate surface area is 169 Å². The van der Waals surface area contributed by atoms with E-state index in [2.05, 4.69) is 10.3 Å². The van der Waals surface area contributed by atoms with E-state index < -0.39 is 6.10 Å². The number of hydrogen-bond acceptors (Lipinski definition) is 7. The summed E-state index contributed by atoms with van der Waals surface area (Å²) in [5.41, 5.74) is 1.39. The molecule has 0 radical (unpaired) electrons. The van der Waals surface area contributed by atoms with Crippen LogP contribution in [-0.2, 0) is 4.79 Å². The topological polar surface area (TPSA) is 82.8 Å². The van der Waals surface area contributed by atoms with Crippen molar-refractivity contribution in [3.8, 4) is 28.7 Å². The van der Waals surface area contributed by atoms with Gasteiger partial charge in [0.2, 0.25) is 6.10 Å². The molecule has 1 amide bonds. The molecule has 3 heterocycles. The summed E-state index contributed by atoms with van der Waals surface area (Å²) in [6.07, 6.45) is -0.740. The molecule has 1 aliphatic heterocycles. The van der Waals surface area contributed by atoms with Gasteiger partial charge in [-0.2, -0.15) is 0 Å². The third-order valence-corrected chi connectivity index (χ3v) is 5.27. The Morgan fingerprint density at radius 3 is 2.93 bits per heavy atom. The molecule has 7 nitrogen and oxygen atoms in total. The minimum absolute atomic E-state index is 0.145. The molecule has 29 heavy (non-hydrogen) atoms. The molecule has 0 aliphatic carbocycles. The maximum Gasteiger partial charge on any atom is 0.270 e. The second-order valence-corrected chi connectivity index (χ2v) is 7.26. The average molecular weight is 408 g/mol. The minimum Gasteiger partial charge on any atom is -0.497 e. The predicted molar refractivity (Wildman–Crippen MR) is 109 cm³/mol. The maximum atomic E-state index is 12.5. The Hall–Kier alpha value is -3.52. The van der Waals surface area contributed by atoms with Gasteiger partial charge < -0.3 is 18.6 Å². The van der Waals surface area contributed by atoms with E-state index in [9.17, 15) is 4.79 Å². The molecular weight excluding hydrogens is 392 g/mol. The lowest BCUT2D eigenvalue weighted by molar-refractivity contribution is -0.125. The number of furan rings is 1. The highest BCUT2D eigenvalue weighted by Crippen LogP contribution is 2.33. The number of para-hydroxylation sites is 2. The molecule has 8 heteroatoms. The van der Waals surface area contributed by atoms with Crippen molar-refractivity contribution in [2.45, 2.75) is 6.10 Å². The molecule has 146 valence electrons. The first-order valence-corrected chi connectivity index (χ1v) is 9.80. The number of thiazole rings is 1. The Bertz CT molecular complexity index is 1200. The van der Waals surface area contributed by atoms with Crippen molar-refractivity contribution in [1.29, 1.82) is 0 Å². The number of anilines is 1. The number of aromatic nitrogens is 1. The van der Waals surface area contributed by atoms with Gasteiger partial charge in [0, 0.05) is 10.8 Å².